The Morgan fingerprint density at radius 2 is 2.07 bits per heavy atom. The van der Waals surface area contributed by atoms with E-state index in [0.29, 0.717) is 22.2 Å². The molecule has 0 saturated heterocycles. The van der Waals surface area contributed by atoms with Crippen LogP contribution < -0.4 is 14.8 Å². The van der Waals surface area contributed by atoms with E-state index in [-0.39, 0.29) is 12.5 Å². The molecule has 0 saturated carbocycles. The Morgan fingerprint density at radius 3 is 2.82 bits per heavy atom. The van der Waals surface area contributed by atoms with Crippen molar-refractivity contribution >= 4 is 28.7 Å². The number of carbonyl (C=O) groups excluding carboxylic acids is 2. The van der Waals surface area contributed by atoms with Crippen molar-refractivity contribution < 1.29 is 19.1 Å². The third kappa shape index (κ3) is 5.17. The monoisotopic (exact) mass is 396 g/mol. The maximum Gasteiger partial charge on any atom is 0.264 e. The first-order valence-electron chi connectivity index (χ1n) is 8.63. The minimum Gasteiger partial charge on any atom is -0.493 e. The molecule has 0 bridgehead atoms. The molecule has 1 heterocycles. The van der Waals surface area contributed by atoms with Crippen LogP contribution >= 0.6 is 11.3 Å². The average molecular weight is 396 g/mol. The maximum absolute atomic E-state index is 12.2. The van der Waals surface area contributed by atoms with Crippen molar-refractivity contribution in [3.05, 3.63) is 70.2 Å². The number of nitrogens with zero attached hydrogens (tertiary/aromatic N) is 1. The van der Waals surface area contributed by atoms with E-state index in [2.05, 4.69) is 35.4 Å². The van der Waals surface area contributed by atoms with Gasteiger partial charge in [0.2, 0.25) is 0 Å². The molecule has 1 amide bonds. The third-order valence-electron chi connectivity index (χ3n) is 3.94. The SMILES string of the molecule is COc1cc(C=O)ccc1OCC(=O)Nc1ncc(Cc2cccc(C)c2)s1. The Balaban J connectivity index is 1.55. The summed E-state index contributed by atoms with van der Waals surface area (Å²) in [6, 6.07) is 13.0. The minimum absolute atomic E-state index is 0.191. The molecule has 144 valence electrons. The predicted molar refractivity (Wildman–Crippen MR) is 109 cm³/mol. The fourth-order valence-electron chi connectivity index (χ4n) is 2.65. The Labute approximate surface area is 167 Å². The van der Waals surface area contributed by atoms with Gasteiger partial charge in [0.15, 0.2) is 23.2 Å². The number of aromatic nitrogens is 1. The highest BCUT2D eigenvalue weighted by atomic mass is 32.1. The molecule has 0 atom stereocenters. The quantitative estimate of drug-likeness (QED) is 0.585. The van der Waals surface area contributed by atoms with Crippen molar-refractivity contribution in [3.8, 4) is 11.5 Å². The molecular weight excluding hydrogens is 376 g/mol. The van der Waals surface area contributed by atoms with Crippen molar-refractivity contribution in [3.63, 3.8) is 0 Å². The number of benzene rings is 2. The summed E-state index contributed by atoms with van der Waals surface area (Å²) in [5.41, 5.74) is 2.89. The molecular formula is C21H20N2O4S. The van der Waals surface area contributed by atoms with Gasteiger partial charge in [-0.15, -0.1) is 11.3 Å². The summed E-state index contributed by atoms with van der Waals surface area (Å²) < 4.78 is 10.7. The smallest absolute Gasteiger partial charge is 0.264 e. The van der Waals surface area contributed by atoms with E-state index in [1.54, 1.807) is 24.4 Å². The van der Waals surface area contributed by atoms with Gasteiger partial charge in [0, 0.05) is 23.1 Å². The molecule has 3 aromatic rings. The molecule has 1 aromatic heterocycles. The summed E-state index contributed by atoms with van der Waals surface area (Å²) in [4.78, 5) is 28.3. The van der Waals surface area contributed by atoms with Crippen molar-refractivity contribution in [2.45, 2.75) is 13.3 Å². The largest absolute Gasteiger partial charge is 0.493 e. The van der Waals surface area contributed by atoms with E-state index >= 15 is 0 Å². The molecule has 2 aromatic carbocycles. The zero-order chi connectivity index (χ0) is 19.9. The van der Waals surface area contributed by atoms with E-state index in [4.69, 9.17) is 9.47 Å². The minimum atomic E-state index is -0.321. The summed E-state index contributed by atoms with van der Waals surface area (Å²) in [6.45, 7) is 1.87. The number of carbonyl (C=O) groups is 2. The number of hydrogen-bond acceptors (Lipinski definition) is 6. The standard InChI is InChI=1S/C21H20N2O4S/c1-14-4-3-5-15(8-14)9-17-11-22-21(28-17)23-20(25)13-27-18-7-6-16(12-24)10-19(18)26-2/h3-8,10-12H,9,13H2,1-2H3,(H,22,23,25). The third-order valence-corrected chi connectivity index (χ3v) is 4.86. The van der Waals surface area contributed by atoms with Gasteiger partial charge >= 0.3 is 0 Å². The van der Waals surface area contributed by atoms with E-state index in [1.165, 1.54) is 29.6 Å². The van der Waals surface area contributed by atoms with Crippen molar-refractivity contribution in [2.75, 3.05) is 19.0 Å². The van der Waals surface area contributed by atoms with E-state index in [0.717, 1.165) is 17.6 Å². The zero-order valence-electron chi connectivity index (χ0n) is 15.6. The van der Waals surface area contributed by atoms with Crippen LogP contribution in [0.15, 0.2) is 48.7 Å². The summed E-state index contributed by atoms with van der Waals surface area (Å²) in [6.07, 6.45) is 3.26. The molecule has 0 unspecified atom stereocenters. The number of aldehydes is 1. The first-order valence-corrected chi connectivity index (χ1v) is 9.45. The fraction of sp³-hybridized carbons (Fsp3) is 0.190. The van der Waals surface area contributed by atoms with Gasteiger partial charge < -0.3 is 9.47 Å². The second kappa shape index (κ2) is 9.14. The van der Waals surface area contributed by atoms with Crippen LogP contribution in [0.1, 0.15) is 26.4 Å². The first-order chi connectivity index (χ1) is 13.6. The van der Waals surface area contributed by atoms with Crippen LogP contribution in [-0.2, 0) is 11.2 Å². The molecule has 0 aliphatic rings. The van der Waals surface area contributed by atoms with Gasteiger partial charge in [-0.1, -0.05) is 29.8 Å². The Kier molecular flexibility index (Phi) is 6.39. The molecule has 3 rings (SSSR count). The molecule has 0 radical (unpaired) electrons. The Bertz CT molecular complexity index is 984. The summed E-state index contributed by atoms with van der Waals surface area (Å²) in [5, 5.41) is 3.26. The normalized spacial score (nSPS) is 10.4. The van der Waals surface area contributed by atoms with Crippen molar-refractivity contribution in [1.82, 2.24) is 4.98 Å². The maximum atomic E-state index is 12.2. The van der Waals surface area contributed by atoms with E-state index in [9.17, 15) is 9.59 Å². The fourth-order valence-corrected chi connectivity index (χ4v) is 3.51. The second-order valence-electron chi connectivity index (χ2n) is 6.16. The summed E-state index contributed by atoms with van der Waals surface area (Å²) in [7, 11) is 1.47. The number of ether oxygens (including phenoxy) is 2. The van der Waals surface area contributed by atoms with Crippen LogP contribution in [-0.4, -0.2) is 30.9 Å². The van der Waals surface area contributed by atoms with Gasteiger partial charge in [0.05, 0.1) is 7.11 Å². The number of amides is 1. The van der Waals surface area contributed by atoms with Crippen LogP contribution in [0.2, 0.25) is 0 Å². The van der Waals surface area contributed by atoms with Crippen molar-refractivity contribution in [2.24, 2.45) is 0 Å². The van der Waals surface area contributed by atoms with Gasteiger partial charge in [0.1, 0.15) is 6.29 Å². The van der Waals surface area contributed by atoms with Gasteiger partial charge in [0.25, 0.3) is 5.91 Å². The molecule has 7 heteroatoms. The van der Waals surface area contributed by atoms with Crippen LogP contribution in [0, 0.1) is 6.92 Å². The van der Waals surface area contributed by atoms with Gasteiger partial charge in [-0.05, 0) is 30.7 Å². The number of thiazole rings is 1. The molecule has 1 N–H and O–H groups in total. The van der Waals surface area contributed by atoms with E-state index in [1.807, 2.05) is 6.07 Å². The number of anilines is 1. The lowest BCUT2D eigenvalue weighted by Crippen LogP contribution is -2.20. The Hall–Kier alpha value is -3.19. The average Bonchev–Trinajstić information content (AvgIpc) is 3.12. The van der Waals surface area contributed by atoms with Crippen LogP contribution in [0.4, 0.5) is 5.13 Å². The topological polar surface area (TPSA) is 77.5 Å². The van der Waals surface area contributed by atoms with E-state index < -0.39 is 0 Å². The van der Waals surface area contributed by atoms with Gasteiger partial charge in [-0.2, -0.15) is 0 Å². The lowest BCUT2D eigenvalue weighted by molar-refractivity contribution is -0.118. The molecule has 0 spiro atoms. The predicted octanol–water partition coefficient (Wildman–Crippen LogP) is 3.88. The van der Waals surface area contributed by atoms with Gasteiger partial charge in [-0.3, -0.25) is 14.9 Å². The highest BCUT2D eigenvalue weighted by molar-refractivity contribution is 7.15. The van der Waals surface area contributed by atoms with Crippen LogP contribution in [0.5, 0.6) is 11.5 Å². The molecule has 0 aliphatic heterocycles. The lowest BCUT2D eigenvalue weighted by Gasteiger charge is -2.10. The molecule has 28 heavy (non-hydrogen) atoms. The number of rotatable bonds is 8. The number of hydrogen-bond donors (Lipinski definition) is 1. The first kappa shape index (κ1) is 19.6. The second-order valence-corrected chi connectivity index (χ2v) is 7.28. The zero-order valence-corrected chi connectivity index (χ0v) is 16.4. The number of aryl methyl sites for hydroxylation is 1. The lowest BCUT2D eigenvalue weighted by atomic mass is 10.1. The van der Waals surface area contributed by atoms with Crippen LogP contribution in [0.25, 0.3) is 0 Å². The molecule has 0 fully saturated rings. The summed E-state index contributed by atoms with van der Waals surface area (Å²) >= 11 is 1.43. The van der Waals surface area contributed by atoms with Crippen LogP contribution in [0.3, 0.4) is 0 Å². The Morgan fingerprint density at radius 1 is 1.21 bits per heavy atom. The number of methoxy groups -OCH3 is 1. The highest BCUT2D eigenvalue weighted by Gasteiger charge is 2.11. The molecule has 0 aliphatic carbocycles. The number of nitrogens with one attached hydrogen (secondary N) is 1. The van der Waals surface area contributed by atoms with Gasteiger partial charge in [-0.25, -0.2) is 4.98 Å². The molecule has 6 nitrogen and oxygen atoms in total. The van der Waals surface area contributed by atoms with Crippen molar-refractivity contribution in [1.29, 1.82) is 0 Å². The highest BCUT2D eigenvalue weighted by Crippen LogP contribution is 2.27. The summed E-state index contributed by atoms with van der Waals surface area (Å²) in [5.74, 6) is 0.465.